The molecule has 0 saturated carbocycles. The quantitative estimate of drug-likeness (QED) is 0.890. The molecule has 4 heteroatoms. The van der Waals surface area contributed by atoms with Crippen LogP contribution in [0, 0.1) is 17.8 Å². The molecule has 0 bridgehead atoms. The second-order valence-electron chi connectivity index (χ2n) is 7.89. The van der Waals surface area contributed by atoms with Crippen molar-refractivity contribution in [2.45, 2.75) is 39.2 Å². The highest BCUT2D eigenvalue weighted by molar-refractivity contribution is 5.91. The van der Waals surface area contributed by atoms with Gasteiger partial charge in [-0.25, -0.2) is 0 Å². The highest BCUT2D eigenvalue weighted by atomic mass is 16.5. The summed E-state index contributed by atoms with van der Waals surface area (Å²) in [5, 5.41) is 11.0. The summed E-state index contributed by atoms with van der Waals surface area (Å²) in [6, 6.07) is 6.73. The van der Waals surface area contributed by atoms with Crippen LogP contribution in [0.5, 0.6) is 5.75 Å². The number of hydrogen-bond donors (Lipinski definition) is 2. The molecule has 1 fully saturated rings. The maximum absolute atomic E-state index is 9.74. The van der Waals surface area contributed by atoms with Crippen molar-refractivity contribution >= 4 is 10.9 Å². The Hall–Kier alpha value is -1.52. The second-order valence-corrected chi connectivity index (χ2v) is 7.89. The fourth-order valence-corrected chi connectivity index (χ4v) is 5.25. The maximum Gasteiger partial charge on any atom is 0.128 e. The van der Waals surface area contributed by atoms with E-state index in [0.717, 1.165) is 31.7 Å². The Morgan fingerprint density at radius 1 is 1.40 bits per heavy atom. The normalized spacial score (nSPS) is 27.8. The zero-order valence-corrected chi connectivity index (χ0v) is 15.6. The van der Waals surface area contributed by atoms with Crippen LogP contribution in [-0.4, -0.2) is 41.8 Å². The number of ether oxygens (including phenoxy) is 1. The summed E-state index contributed by atoms with van der Waals surface area (Å²) >= 11 is 0. The molecule has 0 aliphatic carbocycles. The van der Waals surface area contributed by atoms with E-state index < -0.39 is 0 Å². The molecule has 1 saturated heterocycles. The van der Waals surface area contributed by atoms with E-state index in [4.69, 9.17) is 4.74 Å². The highest BCUT2D eigenvalue weighted by Crippen LogP contribution is 2.46. The maximum atomic E-state index is 9.74. The Labute approximate surface area is 150 Å². The minimum Gasteiger partial charge on any atom is -0.496 e. The minimum atomic E-state index is 0.293. The third-order valence-corrected chi connectivity index (χ3v) is 6.68. The molecule has 2 aromatic rings. The van der Waals surface area contributed by atoms with Crippen LogP contribution < -0.4 is 4.74 Å². The van der Waals surface area contributed by atoms with Crippen LogP contribution in [0.25, 0.3) is 10.9 Å². The molecule has 136 valence electrons. The average Bonchev–Trinajstić information content (AvgIpc) is 3.05. The van der Waals surface area contributed by atoms with Gasteiger partial charge in [0.2, 0.25) is 0 Å². The van der Waals surface area contributed by atoms with Crippen molar-refractivity contribution in [2.24, 2.45) is 17.8 Å². The third-order valence-electron chi connectivity index (χ3n) is 6.68. The summed E-state index contributed by atoms with van der Waals surface area (Å²) < 4.78 is 5.63. The van der Waals surface area contributed by atoms with Crippen molar-refractivity contribution in [3.63, 3.8) is 0 Å². The van der Waals surface area contributed by atoms with Gasteiger partial charge in [0.1, 0.15) is 5.75 Å². The zero-order chi connectivity index (χ0) is 17.6. The number of aromatic nitrogens is 1. The lowest BCUT2D eigenvalue weighted by Gasteiger charge is -2.47. The fourth-order valence-electron chi connectivity index (χ4n) is 5.25. The first kappa shape index (κ1) is 16.9. The number of H-pyrrole nitrogens is 1. The van der Waals surface area contributed by atoms with Crippen LogP contribution in [0.1, 0.15) is 44.0 Å². The van der Waals surface area contributed by atoms with Crippen LogP contribution in [0.2, 0.25) is 0 Å². The van der Waals surface area contributed by atoms with Gasteiger partial charge in [0, 0.05) is 36.3 Å². The molecular formula is C21H30N2O2. The van der Waals surface area contributed by atoms with E-state index in [-0.39, 0.29) is 0 Å². The van der Waals surface area contributed by atoms with E-state index in [1.807, 2.05) is 0 Å². The lowest BCUT2D eigenvalue weighted by molar-refractivity contribution is 0.0144. The minimum absolute atomic E-state index is 0.293. The molecule has 3 heterocycles. The van der Waals surface area contributed by atoms with Crippen LogP contribution in [0.4, 0.5) is 0 Å². The van der Waals surface area contributed by atoms with Crippen molar-refractivity contribution in [3.8, 4) is 5.75 Å². The molecule has 0 amide bonds. The predicted molar refractivity (Wildman–Crippen MR) is 101 cm³/mol. The number of hydrogen-bond acceptors (Lipinski definition) is 3. The summed E-state index contributed by atoms with van der Waals surface area (Å²) in [5.41, 5.74) is 4.02. The molecule has 4 nitrogen and oxygen atoms in total. The van der Waals surface area contributed by atoms with Gasteiger partial charge in [-0.3, -0.25) is 4.90 Å². The van der Waals surface area contributed by atoms with Crippen LogP contribution in [-0.2, 0) is 6.42 Å². The molecular weight excluding hydrogens is 312 g/mol. The fraction of sp³-hybridized carbons (Fsp3) is 0.619. The van der Waals surface area contributed by atoms with E-state index >= 15 is 0 Å². The molecule has 1 aromatic heterocycles. The number of methoxy groups -OCH3 is 1. The molecule has 1 unspecified atom stereocenters. The van der Waals surface area contributed by atoms with Crippen LogP contribution >= 0.6 is 0 Å². The summed E-state index contributed by atoms with van der Waals surface area (Å²) in [6.07, 6.45) is 3.43. The van der Waals surface area contributed by atoms with E-state index in [0.29, 0.717) is 30.4 Å². The Morgan fingerprint density at radius 3 is 2.96 bits per heavy atom. The van der Waals surface area contributed by atoms with E-state index in [1.54, 1.807) is 7.11 Å². The standard InChI is InChI=1S/C21H30N2O2/c1-4-14-11-23-9-8-15-20-17(6-5-7-19(20)25-3)22-21(15)18(23)10-16(14)13(2)12-24/h5-7,13-14,16,18,22,24H,4,8-12H2,1-3H3/t13?,14-,16-,18+/m1/s1. The van der Waals surface area contributed by atoms with Gasteiger partial charge in [-0.05, 0) is 48.3 Å². The van der Waals surface area contributed by atoms with E-state index in [9.17, 15) is 5.11 Å². The number of aliphatic hydroxyl groups excluding tert-OH is 1. The molecule has 25 heavy (non-hydrogen) atoms. The molecule has 1 aromatic carbocycles. The van der Waals surface area contributed by atoms with Gasteiger partial charge in [-0.2, -0.15) is 0 Å². The first-order valence-corrected chi connectivity index (χ1v) is 9.70. The molecule has 2 aliphatic rings. The van der Waals surface area contributed by atoms with Crippen molar-refractivity contribution in [3.05, 3.63) is 29.5 Å². The second kappa shape index (κ2) is 6.65. The number of rotatable bonds is 4. The van der Waals surface area contributed by atoms with Crippen molar-refractivity contribution in [2.75, 3.05) is 26.8 Å². The van der Waals surface area contributed by atoms with Gasteiger partial charge in [-0.15, -0.1) is 0 Å². The lowest BCUT2D eigenvalue weighted by atomic mass is 9.72. The van der Waals surface area contributed by atoms with Crippen molar-refractivity contribution in [1.82, 2.24) is 9.88 Å². The number of fused-ring (bicyclic) bond motifs is 5. The van der Waals surface area contributed by atoms with Gasteiger partial charge in [0.25, 0.3) is 0 Å². The molecule has 2 aliphatic heterocycles. The summed E-state index contributed by atoms with van der Waals surface area (Å²) in [6.45, 7) is 7.08. The Kier molecular flexibility index (Phi) is 4.50. The first-order valence-electron chi connectivity index (χ1n) is 9.70. The van der Waals surface area contributed by atoms with Gasteiger partial charge in [0.15, 0.2) is 0 Å². The molecule has 0 spiro atoms. The smallest absolute Gasteiger partial charge is 0.128 e. The van der Waals surface area contributed by atoms with Gasteiger partial charge >= 0.3 is 0 Å². The lowest BCUT2D eigenvalue weighted by Crippen LogP contribution is -2.47. The zero-order valence-electron chi connectivity index (χ0n) is 15.6. The monoisotopic (exact) mass is 342 g/mol. The third kappa shape index (κ3) is 2.67. The van der Waals surface area contributed by atoms with Gasteiger partial charge in [-0.1, -0.05) is 26.3 Å². The first-order chi connectivity index (χ1) is 12.2. The SMILES string of the molecule is CC[C@@H]1CN2CCc3c([nH]c4cccc(OC)c34)[C@@H]2C[C@@H]1C(C)CO. The molecule has 0 radical (unpaired) electrons. The van der Waals surface area contributed by atoms with E-state index in [2.05, 4.69) is 41.9 Å². The van der Waals surface area contributed by atoms with Gasteiger partial charge in [0.05, 0.1) is 13.2 Å². The summed E-state index contributed by atoms with van der Waals surface area (Å²) in [5.74, 6) is 2.64. The topological polar surface area (TPSA) is 48.5 Å². The number of benzene rings is 1. The van der Waals surface area contributed by atoms with Crippen LogP contribution in [0.15, 0.2) is 18.2 Å². The van der Waals surface area contributed by atoms with Crippen molar-refractivity contribution < 1.29 is 9.84 Å². The number of aliphatic hydroxyl groups is 1. The molecule has 4 atom stereocenters. The van der Waals surface area contributed by atoms with Crippen molar-refractivity contribution in [1.29, 1.82) is 0 Å². The number of aromatic amines is 1. The number of nitrogens with zero attached hydrogens (tertiary/aromatic N) is 1. The number of nitrogens with one attached hydrogen (secondary N) is 1. The molecule has 4 rings (SSSR count). The predicted octanol–water partition coefficient (Wildman–Crippen LogP) is 3.75. The Bertz CT molecular complexity index is 754. The summed E-state index contributed by atoms with van der Waals surface area (Å²) in [4.78, 5) is 6.38. The summed E-state index contributed by atoms with van der Waals surface area (Å²) in [7, 11) is 1.76. The highest BCUT2D eigenvalue weighted by Gasteiger charge is 2.41. The number of piperidine rings is 1. The Morgan fingerprint density at radius 2 is 2.24 bits per heavy atom. The average molecular weight is 342 g/mol. The largest absolute Gasteiger partial charge is 0.496 e. The van der Waals surface area contributed by atoms with Gasteiger partial charge < -0.3 is 14.8 Å². The van der Waals surface area contributed by atoms with Crippen LogP contribution in [0.3, 0.4) is 0 Å². The molecule has 2 N–H and O–H groups in total. The van der Waals surface area contributed by atoms with E-state index in [1.165, 1.54) is 28.6 Å². The Balaban J connectivity index is 1.75.